The molecule has 3 aromatic rings. The van der Waals surface area contributed by atoms with E-state index >= 15 is 0 Å². The van der Waals surface area contributed by atoms with Crippen LogP contribution in [-0.4, -0.2) is 59.8 Å². The minimum atomic E-state index is -4.42. The molecule has 3 aliphatic rings. The molecule has 298 valence electrons. The van der Waals surface area contributed by atoms with Gasteiger partial charge in [-0.15, -0.1) is 0 Å². The number of nitrogens with zero attached hydrogens (tertiary/aromatic N) is 2. The third-order valence-corrected chi connectivity index (χ3v) is 15.2. The van der Waals surface area contributed by atoms with Crippen molar-refractivity contribution in [2.75, 3.05) is 23.7 Å². The van der Waals surface area contributed by atoms with Gasteiger partial charge in [-0.25, -0.2) is 16.8 Å². The summed E-state index contributed by atoms with van der Waals surface area (Å²) in [5.74, 6) is 0. The highest BCUT2D eigenvalue weighted by Gasteiger charge is 2.44. The van der Waals surface area contributed by atoms with Gasteiger partial charge < -0.3 is 19.7 Å². The highest BCUT2D eigenvalue weighted by molar-refractivity contribution is 8.03. The lowest BCUT2D eigenvalue weighted by atomic mass is 9.81. The van der Waals surface area contributed by atoms with Gasteiger partial charge in [0.25, 0.3) is 0 Å². The summed E-state index contributed by atoms with van der Waals surface area (Å²) in [6.07, 6.45) is 11.8. The van der Waals surface area contributed by atoms with Gasteiger partial charge in [-0.3, -0.25) is 0 Å². The predicted octanol–water partition coefficient (Wildman–Crippen LogP) is 8.69. The van der Waals surface area contributed by atoms with E-state index < -0.39 is 30.7 Å². The highest BCUT2D eigenvalue weighted by Crippen LogP contribution is 2.49. The Morgan fingerprint density at radius 1 is 0.804 bits per heavy atom. The Morgan fingerprint density at radius 2 is 1.43 bits per heavy atom. The van der Waals surface area contributed by atoms with E-state index in [1.54, 1.807) is 11.8 Å². The maximum atomic E-state index is 11.8. The van der Waals surface area contributed by atoms with Crippen LogP contribution < -0.4 is 10.6 Å². The van der Waals surface area contributed by atoms with Crippen molar-refractivity contribution in [3.8, 4) is 0 Å². The first-order valence-electron chi connectivity index (χ1n) is 19.2. The van der Waals surface area contributed by atoms with Crippen molar-refractivity contribution < 1.29 is 30.5 Å². The average Bonchev–Trinajstić information content (AvgIpc) is 3.49. The van der Waals surface area contributed by atoms with Gasteiger partial charge in [0.15, 0.2) is 12.3 Å². The number of rotatable bonds is 13. The fourth-order valence-corrected chi connectivity index (χ4v) is 9.94. The van der Waals surface area contributed by atoms with Gasteiger partial charge in [0.2, 0.25) is 5.69 Å². The van der Waals surface area contributed by atoms with E-state index in [4.69, 9.17) is 5.73 Å². The molecule has 2 unspecified atom stereocenters. The Kier molecular flexibility index (Phi) is 12.0. The van der Waals surface area contributed by atoms with Crippen molar-refractivity contribution >= 4 is 54.8 Å². The Hall–Kier alpha value is -3.94. The maximum absolute atomic E-state index is 11.8. The van der Waals surface area contributed by atoms with Crippen LogP contribution in [0.25, 0.3) is 0 Å². The predicted molar refractivity (Wildman–Crippen MR) is 227 cm³/mol. The molecule has 6 rings (SSSR count). The van der Waals surface area contributed by atoms with Gasteiger partial charge in [0.05, 0.1) is 30.9 Å². The van der Waals surface area contributed by atoms with E-state index in [9.17, 15) is 25.9 Å². The van der Waals surface area contributed by atoms with E-state index in [2.05, 4.69) is 85.7 Å². The van der Waals surface area contributed by atoms with Crippen LogP contribution in [0.3, 0.4) is 0 Å². The second-order valence-corrected chi connectivity index (χ2v) is 20.8. The number of allylic oxidation sites excluding steroid dienone is 7. The normalized spacial score (nSPS) is 20.6. The van der Waals surface area contributed by atoms with Gasteiger partial charge in [0, 0.05) is 68.2 Å². The van der Waals surface area contributed by atoms with Crippen LogP contribution in [0.1, 0.15) is 84.8 Å². The third-order valence-electron chi connectivity index (χ3n) is 11.6. The number of thioether (sulfide) groups is 1. The molecule has 0 saturated heterocycles. The fourth-order valence-electron chi connectivity index (χ4n) is 8.04. The highest BCUT2D eigenvalue weighted by atomic mass is 32.2. The first kappa shape index (κ1) is 41.7. The smallest absolute Gasteiger partial charge is 0.209 e. The molecule has 0 saturated carbocycles. The number of anilines is 2. The van der Waals surface area contributed by atoms with Crippen molar-refractivity contribution in [2.24, 2.45) is 0 Å². The molecule has 12 heteroatoms. The number of hydrogen-bond donors (Lipinski definition) is 1. The number of nitrogens with two attached hydrogens (primary N) is 1. The molecule has 0 aromatic heterocycles. The molecule has 2 heterocycles. The largest absolute Gasteiger partial charge is 0.748 e. The van der Waals surface area contributed by atoms with E-state index in [1.807, 2.05) is 48.5 Å². The zero-order valence-corrected chi connectivity index (χ0v) is 35.4. The van der Waals surface area contributed by atoms with E-state index in [1.165, 1.54) is 25.0 Å². The molecule has 3 aromatic carbocycles. The maximum Gasteiger partial charge on any atom is 0.209 e. The molecule has 9 nitrogen and oxygen atoms in total. The van der Waals surface area contributed by atoms with E-state index in [0.29, 0.717) is 18.8 Å². The summed E-state index contributed by atoms with van der Waals surface area (Å²) in [6.45, 7) is 12.4. The Balaban J connectivity index is 1.44. The summed E-state index contributed by atoms with van der Waals surface area (Å²) in [6, 6.07) is 24.2. The molecule has 1 aliphatic carbocycles. The lowest BCUT2D eigenvalue weighted by molar-refractivity contribution is -0.438. The summed E-state index contributed by atoms with van der Waals surface area (Å²) in [4.78, 5) is 4.36. The van der Waals surface area contributed by atoms with Crippen LogP contribution in [0, 0.1) is 0 Å². The summed E-state index contributed by atoms with van der Waals surface area (Å²) in [5.41, 5.74) is 14.8. The first-order valence-corrected chi connectivity index (χ1v) is 22.9. The van der Waals surface area contributed by atoms with Crippen LogP contribution in [0.2, 0.25) is 0 Å². The molecular formula is C44H52N3O6S3-. The topological polar surface area (TPSA) is 147 Å². The van der Waals surface area contributed by atoms with Crippen LogP contribution in [0.4, 0.5) is 17.1 Å². The van der Waals surface area contributed by atoms with Crippen molar-refractivity contribution in [1.82, 2.24) is 0 Å². The Morgan fingerprint density at radius 3 is 2.11 bits per heavy atom. The third kappa shape index (κ3) is 8.64. The second kappa shape index (κ2) is 16.1. The van der Waals surface area contributed by atoms with Crippen LogP contribution in [0.5, 0.6) is 0 Å². The first-order chi connectivity index (χ1) is 26.3. The molecule has 0 radical (unpaired) electrons. The summed E-state index contributed by atoms with van der Waals surface area (Å²) < 4.78 is 73.2. The molecule has 0 fully saturated rings. The number of benzene rings is 3. The van der Waals surface area contributed by atoms with Crippen molar-refractivity contribution in [1.29, 1.82) is 0 Å². The van der Waals surface area contributed by atoms with Gasteiger partial charge in [-0.2, -0.15) is 4.58 Å². The quantitative estimate of drug-likeness (QED) is 0.102. The minimum absolute atomic E-state index is 0.207. The summed E-state index contributed by atoms with van der Waals surface area (Å²) >= 11 is 1.70. The van der Waals surface area contributed by atoms with Gasteiger partial charge in [-0.05, 0) is 106 Å². The van der Waals surface area contributed by atoms with E-state index in [0.717, 1.165) is 63.0 Å². The molecule has 56 heavy (non-hydrogen) atoms. The number of hydrogen-bond acceptors (Lipinski definition) is 9. The fraction of sp³-hybridized carbons (Fsp3) is 0.386. The van der Waals surface area contributed by atoms with Gasteiger partial charge in [-0.1, -0.05) is 74.2 Å². The second-order valence-electron chi connectivity index (χ2n) is 16.1. The molecule has 2 aliphatic heterocycles. The lowest BCUT2D eigenvalue weighted by Gasteiger charge is -2.29. The van der Waals surface area contributed by atoms with Crippen molar-refractivity contribution in [2.45, 2.75) is 99.9 Å². The monoisotopic (exact) mass is 814 g/mol. The standard InChI is InChI=1S/C44H53N3O6S3/c1-30(55(48,49)50)26-28-46-38-16-9-7-14-36(38)43(3,4)40(46)24-18-32-12-11-13-33(42(32)54-35-22-20-34(45)21-23-35)19-25-41-44(5,6)37-15-8-10-17-39(37)47(41)29-27-31(2)56(51,52)53/h7-10,14-25,30-31H,11-13,26-29,45H2,1-6H3,(H-,48,49,50,51,52,53)/p-1. The van der Waals surface area contributed by atoms with E-state index in [-0.39, 0.29) is 23.7 Å². The molecular weight excluding hydrogens is 763 g/mol. The zero-order valence-electron chi connectivity index (χ0n) is 33.0. The minimum Gasteiger partial charge on any atom is -0.748 e. The zero-order chi connectivity index (χ0) is 40.6. The van der Waals surface area contributed by atoms with Gasteiger partial charge >= 0.3 is 0 Å². The number of para-hydroxylation sites is 2. The van der Waals surface area contributed by atoms with Crippen molar-refractivity contribution in [3.63, 3.8) is 0 Å². The molecule has 0 bridgehead atoms. The Bertz CT molecular complexity index is 2370. The van der Waals surface area contributed by atoms with Crippen LogP contribution in [-0.2, 0) is 31.1 Å². The molecule has 2 N–H and O–H groups in total. The SMILES string of the molecule is CC(CCN1/C(=C/C=C2\CCCC(/C=C/C3=[N+](CCC(C)S(=O)(=O)[O-])c4ccccc4C3(C)C)=C2Sc2ccc(N)cc2)C(C)(C)c2ccccc21)S(=O)(=O)[O-]. The Labute approximate surface area is 337 Å². The molecule has 2 atom stereocenters. The summed E-state index contributed by atoms with van der Waals surface area (Å²) in [7, 11) is -8.83. The number of nitrogen functional groups attached to an aromatic ring is 1. The summed E-state index contributed by atoms with van der Waals surface area (Å²) in [5, 5.41) is -2.02. The van der Waals surface area contributed by atoms with Gasteiger partial charge in [0.1, 0.15) is 0 Å². The molecule has 0 spiro atoms. The molecule has 0 amide bonds. The van der Waals surface area contributed by atoms with Crippen LogP contribution in [0.15, 0.2) is 124 Å². The lowest BCUT2D eigenvalue weighted by Crippen LogP contribution is -2.30. The van der Waals surface area contributed by atoms with Crippen LogP contribution >= 0.6 is 11.8 Å². The van der Waals surface area contributed by atoms with Crippen molar-refractivity contribution in [3.05, 3.63) is 130 Å². The number of fused-ring (bicyclic) bond motifs is 2. The average molecular weight is 815 g/mol.